The molecule has 1 heterocycles. The van der Waals surface area contributed by atoms with Crippen molar-refractivity contribution < 1.29 is 14.3 Å². The van der Waals surface area contributed by atoms with Gasteiger partial charge in [0, 0.05) is 6.92 Å². The van der Waals surface area contributed by atoms with Gasteiger partial charge >= 0.3 is 0 Å². The molecule has 0 aromatic heterocycles. The normalized spacial score (nSPS) is 20.9. The van der Waals surface area contributed by atoms with Gasteiger partial charge in [-0.15, -0.1) is 0 Å². The first-order chi connectivity index (χ1) is 4.79. The summed E-state index contributed by atoms with van der Waals surface area (Å²) in [7, 11) is 0. The van der Waals surface area contributed by atoms with Crippen molar-refractivity contribution in [3.63, 3.8) is 0 Å². The van der Waals surface area contributed by atoms with Crippen LogP contribution in [0.5, 0.6) is 0 Å². The molecule has 0 bridgehead atoms. The Hall–Kier alpha value is -0.0600. The van der Waals surface area contributed by atoms with E-state index in [0.717, 1.165) is 0 Å². The van der Waals surface area contributed by atoms with Gasteiger partial charge in [-0.1, -0.05) is 11.8 Å². The first kappa shape index (κ1) is 8.04. The Bertz CT molecular complexity index is 120. The molecule has 1 rings (SSSR count). The van der Waals surface area contributed by atoms with E-state index in [1.54, 1.807) is 6.92 Å². The number of carbonyl (C=O) groups excluding carboxylic acids is 1. The Labute approximate surface area is 64.1 Å². The first-order valence-corrected chi connectivity index (χ1v) is 3.99. The molecule has 0 atom stereocenters. The van der Waals surface area contributed by atoms with Crippen LogP contribution in [-0.2, 0) is 14.3 Å². The lowest BCUT2D eigenvalue weighted by atomic mass is 10.5. The first-order valence-electron chi connectivity index (χ1n) is 3.12. The second kappa shape index (κ2) is 3.95. The zero-order valence-electron chi connectivity index (χ0n) is 5.83. The highest BCUT2D eigenvalue weighted by Crippen LogP contribution is 2.15. The van der Waals surface area contributed by atoms with Gasteiger partial charge in [0.15, 0.2) is 5.12 Å². The van der Waals surface area contributed by atoms with Crippen molar-refractivity contribution in [3.8, 4) is 0 Å². The van der Waals surface area contributed by atoms with Crippen LogP contribution in [-0.4, -0.2) is 30.4 Å². The molecule has 0 radical (unpaired) electrons. The molecule has 4 heteroatoms. The molecule has 0 unspecified atom stereocenters. The van der Waals surface area contributed by atoms with Gasteiger partial charge in [-0.2, -0.15) is 0 Å². The van der Waals surface area contributed by atoms with Crippen LogP contribution < -0.4 is 0 Å². The number of rotatable bonds is 1. The van der Waals surface area contributed by atoms with Crippen molar-refractivity contribution in [2.24, 2.45) is 0 Å². The van der Waals surface area contributed by atoms with Gasteiger partial charge in [0.05, 0.1) is 18.5 Å². The monoisotopic (exact) mass is 162 g/mol. The predicted octanol–water partition coefficient (Wildman–Crippen LogP) is 0.639. The zero-order chi connectivity index (χ0) is 7.40. The Morgan fingerprint density at radius 1 is 1.50 bits per heavy atom. The molecule has 1 aliphatic rings. The average molecular weight is 162 g/mol. The molecule has 3 nitrogen and oxygen atoms in total. The third kappa shape index (κ3) is 2.68. The maximum atomic E-state index is 10.6. The Kier molecular flexibility index (Phi) is 3.18. The molecule has 0 aromatic carbocycles. The lowest BCUT2D eigenvalue weighted by Crippen LogP contribution is -2.27. The second-order valence-corrected chi connectivity index (χ2v) is 3.57. The highest BCUT2D eigenvalue weighted by Gasteiger charge is 2.16. The van der Waals surface area contributed by atoms with Gasteiger partial charge in [-0.25, -0.2) is 0 Å². The fraction of sp³-hybridized carbons (Fsp3) is 0.833. The third-order valence-corrected chi connectivity index (χ3v) is 2.04. The van der Waals surface area contributed by atoms with Crippen molar-refractivity contribution in [2.75, 3.05) is 20.0 Å². The Morgan fingerprint density at radius 3 is 2.60 bits per heavy atom. The molecule has 0 aromatic rings. The smallest absolute Gasteiger partial charge is 0.186 e. The van der Waals surface area contributed by atoms with Crippen LogP contribution in [0.25, 0.3) is 0 Å². The molecule has 10 heavy (non-hydrogen) atoms. The molecule has 1 fully saturated rings. The van der Waals surface area contributed by atoms with Gasteiger partial charge < -0.3 is 9.47 Å². The van der Waals surface area contributed by atoms with E-state index in [1.165, 1.54) is 11.8 Å². The Balaban J connectivity index is 2.19. The molecular formula is C6H10O3S. The summed E-state index contributed by atoms with van der Waals surface area (Å²) in [4.78, 5) is 10.6. The Morgan fingerprint density at radius 2 is 2.10 bits per heavy atom. The summed E-state index contributed by atoms with van der Waals surface area (Å²) in [5.74, 6) is 0. The van der Waals surface area contributed by atoms with Crippen LogP contribution in [0.15, 0.2) is 0 Å². The van der Waals surface area contributed by atoms with E-state index in [9.17, 15) is 4.79 Å². The third-order valence-electron chi connectivity index (χ3n) is 1.11. The molecule has 0 amide bonds. The van der Waals surface area contributed by atoms with Gasteiger partial charge in [-0.05, 0) is 0 Å². The van der Waals surface area contributed by atoms with Crippen molar-refractivity contribution in [2.45, 2.75) is 12.2 Å². The standard InChI is InChI=1S/C6H10O3S/c1-5(7)10-6-2-8-4-9-3-6/h6H,2-4H2,1H3. The lowest BCUT2D eigenvalue weighted by Gasteiger charge is -2.20. The van der Waals surface area contributed by atoms with Crippen LogP contribution in [0.1, 0.15) is 6.92 Å². The van der Waals surface area contributed by atoms with E-state index in [4.69, 9.17) is 9.47 Å². The maximum Gasteiger partial charge on any atom is 0.186 e. The molecule has 58 valence electrons. The number of hydrogen-bond donors (Lipinski definition) is 0. The van der Waals surface area contributed by atoms with Crippen molar-refractivity contribution >= 4 is 16.9 Å². The van der Waals surface area contributed by atoms with Crippen molar-refractivity contribution in [1.29, 1.82) is 0 Å². The molecule has 1 saturated heterocycles. The van der Waals surface area contributed by atoms with Crippen LogP contribution in [0.4, 0.5) is 0 Å². The number of hydrogen-bond acceptors (Lipinski definition) is 4. The molecular weight excluding hydrogens is 152 g/mol. The molecule has 1 aliphatic heterocycles. The number of ether oxygens (including phenoxy) is 2. The van der Waals surface area contributed by atoms with Crippen molar-refractivity contribution in [1.82, 2.24) is 0 Å². The van der Waals surface area contributed by atoms with Crippen LogP contribution in [0.2, 0.25) is 0 Å². The van der Waals surface area contributed by atoms with Crippen LogP contribution in [0.3, 0.4) is 0 Å². The highest BCUT2D eigenvalue weighted by molar-refractivity contribution is 8.14. The quantitative estimate of drug-likeness (QED) is 0.567. The zero-order valence-corrected chi connectivity index (χ0v) is 6.65. The minimum absolute atomic E-state index is 0.124. The summed E-state index contributed by atoms with van der Waals surface area (Å²) in [6.07, 6.45) is 0. The summed E-state index contributed by atoms with van der Waals surface area (Å²) < 4.78 is 9.98. The van der Waals surface area contributed by atoms with E-state index >= 15 is 0 Å². The summed E-state index contributed by atoms with van der Waals surface area (Å²) in [5.41, 5.74) is 0. The fourth-order valence-corrected chi connectivity index (χ4v) is 1.57. The minimum Gasteiger partial charge on any atom is -0.354 e. The largest absolute Gasteiger partial charge is 0.354 e. The fourth-order valence-electron chi connectivity index (χ4n) is 0.769. The summed E-state index contributed by atoms with van der Waals surface area (Å²) in [6.45, 7) is 3.18. The topological polar surface area (TPSA) is 35.5 Å². The van der Waals surface area contributed by atoms with Crippen LogP contribution >= 0.6 is 11.8 Å². The maximum absolute atomic E-state index is 10.6. The summed E-state index contributed by atoms with van der Waals surface area (Å²) >= 11 is 1.29. The molecule has 0 N–H and O–H groups in total. The summed E-state index contributed by atoms with van der Waals surface area (Å²) in [6, 6.07) is 0. The van der Waals surface area contributed by atoms with Crippen molar-refractivity contribution in [3.05, 3.63) is 0 Å². The SMILES string of the molecule is CC(=O)SC1COCOC1. The summed E-state index contributed by atoms with van der Waals surface area (Å²) in [5, 5.41) is 0.324. The van der Waals surface area contributed by atoms with E-state index in [2.05, 4.69) is 0 Å². The van der Waals surface area contributed by atoms with Gasteiger partial charge in [0.25, 0.3) is 0 Å². The molecule has 0 spiro atoms. The van der Waals surface area contributed by atoms with Gasteiger partial charge in [0.1, 0.15) is 6.79 Å². The molecule has 0 aliphatic carbocycles. The number of thioether (sulfide) groups is 1. The van der Waals surface area contributed by atoms with E-state index in [-0.39, 0.29) is 10.4 Å². The van der Waals surface area contributed by atoms with E-state index in [0.29, 0.717) is 20.0 Å². The second-order valence-electron chi connectivity index (χ2n) is 2.09. The average Bonchev–Trinajstić information content (AvgIpc) is 1.88. The molecule has 0 saturated carbocycles. The predicted molar refractivity (Wildman–Crippen MR) is 38.8 cm³/mol. The number of carbonyl (C=O) groups is 1. The van der Waals surface area contributed by atoms with E-state index in [1.807, 2.05) is 0 Å². The lowest BCUT2D eigenvalue weighted by molar-refractivity contribution is -0.110. The van der Waals surface area contributed by atoms with Gasteiger partial charge in [-0.3, -0.25) is 4.79 Å². The minimum atomic E-state index is 0.124. The van der Waals surface area contributed by atoms with Crippen LogP contribution in [0, 0.1) is 0 Å². The van der Waals surface area contributed by atoms with E-state index < -0.39 is 0 Å². The highest BCUT2D eigenvalue weighted by atomic mass is 32.2. The van der Waals surface area contributed by atoms with Gasteiger partial charge in [0.2, 0.25) is 0 Å².